The van der Waals surface area contributed by atoms with Gasteiger partial charge in [-0.05, 0) is 38.2 Å². The molecule has 1 rings (SSSR count). The van der Waals surface area contributed by atoms with E-state index in [1.807, 2.05) is 0 Å². The van der Waals surface area contributed by atoms with Crippen molar-refractivity contribution < 1.29 is 15.0 Å². The molecular weight excluding hydrogens is 258 g/mol. The van der Waals surface area contributed by atoms with E-state index in [0.29, 0.717) is 36.0 Å². The van der Waals surface area contributed by atoms with Crippen molar-refractivity contribution in [3.63, 3.8) is 0 Å². The third-order valence-electron chi connectivity index (χ3n) is 3.46. The van der Waals surface area contributed by atoms with Gasteiger partial charge in [-0.15, -0.1) is 5.10 Å². The number of aryl methyl sites for hydroxylation is 1. The molecule has 0 bridgehead atoms. The van der Waals surface area contributed by atoms with E-state index in [0.717, 1.165) is 12.8 Å². The van der Waals surface area contributed by atoms with Crippen LogP contribution in [-0.2, 0) is 0 Å². The predicted octanol–water partition coefficient (Wildman–Crippen LogP) is 2.00. The van der Waals surface area contributed by atoms with Gasteiger partial charge in [0.1, 0.15) is 5.56 Å². The second-order valence-electron chi connectivity index (χ2n) is 4.99. The molecule has 0 fully saturated rings. The molecule has 0 spiro atoms. The Bertz CT molecular complexity index is 457. The molecule has 1 heterocycles. The lowest BCUT2D eigenvalue weighted by Crippen LogP contribution is -2.19. The summed E-state index contributed by atoms with van der Waals surface area (Å²) in [5.41, 5.74) is 1.43. The fraction of sp³-hybridized carbons (Fsp3) is 0.643. The highest BCUT2D eigenvalue weighted by Gasteiger charge is 2.18. The van der Waals surface area contributed by atoms with Crippen LogP contribution in [0.5, 0.6) is 0 Å². The Labute approximate surface area is 119 Å². The van der Waals surface area contributed by atoms with E-state index in [9.17, 15) is 9.90 Å². The molecule has 6 nitrogen and oxygen atoms in total. The van der Waals surface area contributed by atoms with E-state index < -0.39 is 5.97 Å². The van der Waals surface area contributed by atoms with Gasteiger partial charge < -0.3 is 15.5 Å². The van der Waals surface area contributed by atoms with E-state index in [4.69, 9.17) is 5.11 Å². The van der Waals surface area contributed by atoms with Crippen LogP contribution >= 0.6 is 0 Å². The summed E-state index contributed by atoms with van der Waals surface area (Å²) in [5, 5.41) is 29.3. The number of nitrogens with one attached hydrogen (secondary N) is 1. The molecule has 1 aromatic heterocycles. The summed E-state index contributed by atoms with van der Waals surface area (Å²) in [5.74, 6) is -0.396. The Hall–Kier alpha value is -1.69. The number of hydrogen-bond acceptors (Lipinski definition) is 5. The van der Waals surface area contributed by atoms with Gasteiger partial charge in [-0.3, -0.25) is 0 Å². The molecule has 0 aliphatic heterocycles. The highest BCUT2D eigenvalue weighted by atomic mass is 16.4. The highest BCUT2D eigenvalue weighted by Crippen LogP contribution is 2.20. The summed E-state index contributed by atoms with van der Waals surface area (Å²) >= 11 is 0. The Kier molecular flexibility index (Phi) is 6.38. The van der Waals surface area contributed by atoms with Gasteiger partial charge >= 0.3 is 5.97 Å². The van der Waals surface area contributed by atoms with Gasteiger partial charge in [-0.25, -0.2) is 4.79 Å². The number of rotatable bonds is 8. The minimum absolute atomic E-state index is 0.136. The Balaban J connectivity index is 2.86. The first kappa shape index (κ1) is 16.4. The number of carboxylic acids is 1. The van der Waals surface area contributed by atoms with Crippen LogP contribution in [0.1, 0.15) is 47.8 Å². The molecule has 1 aromatic rings. The molecule has 1 atom stereocenters. The molecule has 20 heavy (non-hydrogen) atoms. The highest BCUT2D eigenvalue weighted by molar-refractivity contribution is 5.94. The first-order chi connectivity index (χ1) is 9.51. The van der Waals surface area contributed by atoms with Gasteiger partial charge in [0.15, 0.2) is 5.82 Å². The van der Waals surface area contributed by atoms with Crippen LogP contribution in [-0.4, -0.2) is 39.5 Å². The second-order valence-corrected chi connectivity index (χ2v) is 4.99. The number of aliphatic hydroxyl groups excluding tert-OH is 1. The van der Waals surface area contributed by atoms with Crippen molar-refractivity contribution in [1.82, 2.24) is 10.2 Å². The molecule has 0 radical (unpaired) electrons. The summed E-state index contributed by atoms with van der Waals surface area (Å²) < 4.78 is 0. The average molecular weight is 281 g/mol. The van der Waals surface area contributed by atoms with Gasteiger partial charge in [0.05, 0.1) is 5.69 Å². The quantitative estimate of drug-likeness (QED) is 0.674. The monoisotopic (exact) mass is 281 g/mol. The first-order valence-electron chi connectivity index (χ1n) is 6.93. The summed E-state index contributed by atoms with van der Waals surface area (Å²) in [7, 11) is 0. The van der Waals surface area contributed by atoms with Gasteiger partial charge in [0, 0.05) is 13.2 Å². The van der Waals surface area contributed by atoms with E-state index in [1.165, 1.54) is 0 Å². The zero-order valence-electron chi connectivity index (χ0n) is 12.3. The third-order valence-corrected chi connectivity index (χ3v) is 3.46. The van der Waals surface area contributed by atoms with Gasteiger partial charge in [-0.2, -0.15) is 5.10 Å². The number of anilines is 1. The van der Waals surface area contributed by atoms with Crippen LogP contribution in [0.3, 0.4) is 0 Å². The van der Waals surface area contributed by atoms with Gasteiger partial charge in [0.25, 0.3) is 0 Å². The van der Waals surface area contributed by atoms with Crippen molar-refractivity contribution in [2.45, 2.75) is 40.0 Å². The Morgan fingerprint density at radius 2 is 2.00 bits per heavy atom. The molecule has 112 valence electrons. The number of carbonyl (C=O) groups is 1. The number of aliphatic hydroxyl groups is 1. The second kappa shape index (κ2) is 7.79. The maximum atomic E-state index is 11.3. The van der Waals surface area contributed by atoms with Gasteiger partial charge in [-0.1, -0.05) is 13.3 Å². The number of nitrogens with zero attached hydrogens (tertiary/aromatic N) is 2. The fourth-order valence-corrected chi connectivity index (χ4v) is 2.17. The molecule has 0 saturated heterocycles. The van der Waals surface area contributed by atoms with Crippen LogP contribution in [0.25, 0.3) is 0 Å². The zero-order chi connectivity index (χ0) is 15.1. The molecule has 3 N–H and O–H groups in total. The molecule has 0 aliphatic rings. The van der Waals surface area contributed by atoms with E-state index in [1.54, 1.807) is 13.8 Å². The van der Waals surface area contributed by atoms with Crippen molar-refractivity contribution in [1.29, 1.82) is 0 Å². The summed E-state index contributed by atoms with van der Waals surface area (Å²) in [4.78, 5) is 11.3. The fourth-order valence-electron chi connectivity index (χ4n) is 2.17. The van der Waals surface area contributed by atoms with Crippen molar-refractivity contribution in [3.8, 4) is 0 Å². The Morgan fingerprint density at radius 1 is 1.30 bits per heavy atom. The molecule has 0 saturated carbocycles. The average Bonchev–Trinajstić information content (AvgIpc) is 2.39. The Morgan fingerprint density at radius 3 is 2.55 bits per heavy atom. The third kappa shape index (κ3) is 4.16. The number of aromatic nitrogens is 2. The number of hydrogen-bond donors (Lipinski definition) is 3. The van der Waals surface area contributed by atoms with Crippen LogP contribution in [0, 0.1) is 19.8 Å². The zero-order valence-corrected chi connectivity index (χ0v) is 12.3. The summed E-state index contributed by atoms with van der Waals surface area (Å²) in [6, 6.07) is 0. The molecule has 0 amide bonds. The lowest BCUT2D eigenvalue weighted by molar-refractivity contribution is 0.0696. The van der Waals surface area contributed by atoms with Crippen molar-refractivity contribution in [2.75, 3.05) is 18.5 Å². The lowest BCUT2D eigenvalue weighted by atomic mass is 10.00. The van der Waals surface area contributed by atoms with Gasteiger partial charge in [0.2, 0.25) is 0 Å². The van der Waals surface area contributed by atoms with E-state index in [-0.39, 0.29) is 12.2 Å². The first-order valence-corrected chi connectivity index (χ1v) is 6.93. The SMILES string of the molecule is CCCC(CCO)CNc1nnc(C)c(C)c1C(=O)O. The smallest absolute Gasteiger partial charge is 0.339 e. The van der Waals surface area contributed by atoms with Crippen LogP contribution in [0.15, 0.2) is 0 Å². The molecule has 1 unspecified atom stereocenters. The topological polar surface area (TPSA) is 95.3 Å². The number of carboxylic acid groups (broad SMARTS) is 1. The van der Waals surface area contributed by atoms with Crippen LogP contribution < -0.4 is 5.32 Å². The predicted molar refractivity (Wildman–Crippen MR) is 77.1 cm³/mol. The minimum atomic E-state index is -1.00. The molecule has 0 aliphatic carbocycles. The van der Waals surface area contributed by atoms with Crippen molar-refractivity contribution in [3.05, 3.63) is 16.8 Å². The standard InChI is InChI=1S/C14H23N3O3/c1-4-5-11(6-7-18)8-15-13-12(14(19)20)9(2)10(3)16-17-13/h11,18H,4-8H2,1-3H3,(H,15,17)(H,19,20). The van der Waals surface area contributed by atoms with Crippen LogP contribution in [0.4, 0.5) is 5.82 Å². The van der Waals surface area contributed by atoms with Crippen molar-refractivity contribution >= 4 is 11.8 Å². The molecule has 0 aromatic carbocycles. The maximum Gasteiger partial charge on any atom is 0.339 e. The molecule has 6 heteroatoms. The lowest BCUT2D eigenvalue weighted by Gasteiger charge is -2.17. The maximum absolute atomic E-state index is 11.3. The van der Waals surface area contributed by atoms with E-state index in [2.05, 4.69) is 22.4 Å². The largest absolute Gasteiger partial charge is 0.478 e. The normalized spacial score (nSPS) is 12.2. The van der Waals surface area contributed by atoms with Crippen molar-refractivity contribution in [2.24, 2.45) is 5.92 Å². The van der Waals surface area contributed by atoms with Crippen LogP contribution in [0.2, 0.25) is 0 Å². The summed E-state index contributed by atoms with van der Waals surface area (Å²) in [6.07, 6.45) is 2.70. The summed E-state index contributed by atoms with van der Waals surface area (Å²) in [6.45, 7) is 6.28. The van der Waals surface area contributed by atoms with E-state index >= 15 is 0 Å². The minimum Gasteiger partial charge on any atom is -0.478 e. The molecular formula is C14H23N3O3. The number of aromatic carboxylic acids is 1.